The summed E-state index contributed by atoms with van der Waals surface area (Å²) in [5.74, 6) is -3.42. The third kappa shape index (κ3) is 4.40. The van der Waals surface area contributed by atoms with Crippen LogP contribution in [-0.2, 0) is 6.18 Å². The van der Waals surface area contributed by atoms with E-state index in [9.17, 15) is 26.3 Å². The van der Waals surface area contributed by atoms with Gasteiger partial charge in [0.05, 0.1) is 5.56 Å². The molecule has 146 valence electrons. The van der Waals surface area contributed by atoms with Crippen LogP contribution < -0.4 is 5.32 Å². The summed E-state index contributed by atoms with van der Waals surface area (Å²) in [7, 11) is 0. The molecular formula is C16H14F6N4O. The second-order valence-electron chi connectivity index (χ2n) is 5.89. The van der Waals surface area contributed by atoms with E-state index >= 15 is 0 Å². The third-order valence-electron chi connectivity index (χ3n) is 3.95. The Morgan fingerprint density at radius 2 is 1.74 bits per heavy atom. The van der Waals surface area contributed by atoms with E-state index in [4.69, 9.17) is 4.42 Å². The number of aromatic nitrogens is 3. The monoisotopic (exact) mass is 392 g/mol. The van der Waals surface area contributed by atoms with Gasteiger partial charge in [-0.25, -0.2) is 4.98 Å². The number of rotatable bonds is 0. The van der Waals surface area contributed by atoms with Crippen molar-refractivity contribution in [2.24, 2.45) is 0 Å². The summed E-state index contributed by atoms with van der Waals surface area (Å²) in [6.45, 7) is 0.133. The SMILES string of the molecule is FC(F)(F)c1ccc2nc1NCCC=CCCC(C(F)(F)F)c1nnc-2o1. The Balaban J connectivity index is 2.06. The Hall–Kier alpha value is -2.59. The van der Waals surface area contributed by atoms with Gasteiger partial charge in [-0.1, -0.05) is 12.2 Å². The van der Waals surface area contributed by atoms with Crippen molar-refractivity contribution in [3.05, 3.63) is 35.7 Å². The topological polar surface area (TPSA) is 63.8 Å². The van der Waals surface area contributed by atoms with E-state index in [1.807, 2.05) is 0 Å². The average molecular weight is 392 g/mol. The summed E-state index contributed by atoms with van der Waals surface area (Å²) in [4.78, 5) is 3.83. The van der Waals surface area contributed by atoms with Crippen LogP contribution in [0, 0.1) is 0 Å². The average Bonchev–Trinajstić information content (AvgIpc) is 3.03. The number of hydrogen-bond acceptors (Lipinski definition) is 5. The van der Waals surface area contributed by atoms with E-state index < -0.39 is 35.5 Å². The van der Waals surface area contributed by atoms with Crippen LogP contribution in [0.25, 0.3) is 11.6 Å². The summed E-state index contributed by atoms with van der Waals surface area (Å²) in [6, 6.07) is 1.76. The minimum atomic E-state index is -4.64. The Morgan fingerprint density at radius 1 is 1.00 bits per heavy atom. The van der Waals surface area contributed by atoms with Gasteiger partial charge in [-0.3, -0.25) is 0 Å². The fourth-order valence-corrected chi connectivity index (χ4v) is 2.62. The molecular weight excluding hydrogens is 378 g/mol. The molecule has 4 bridgehead atoms. The van der Waals surface area contributed by atoms with Gasteiger partial charge in [0.25, 0.3) is 5.89 Å². The molecule has 1 atom stereocenters. The molecule has 11 heteroatoms. The number of hydrogen-bond donors (Lipinski definition) is 1. The molecule has 1 unspecified atom stereocenters. The lowest BCUT2D eigenvalue weighted by Crippen LogP contribution is -2.21. The standard InChI is InChI=1S/C16H14F6N4O/c17-15(18,19)9-6-7-11-14-26-25-13(27-14)10(16(20,21)22)5-3-1-2-4-8-23-12(9)24-11/h1-2,6-7,10H,3-5,8H2,(H,23,24). The molecule has 0 radical (unpaired) electrons. The molecule has 0 saturated heterocycles. The van der Waals surface area contributed by atoms with Crippen LogP contribution in [-0.4, -0.2) is 27.9 Å². The normalized spacial score (nSPS) is 18.7. The van der Waals surface area contributed by atoms with Crippen molar-refractivity contribution in [1.29, 1.82) is 0 Å². The van der Waals surface area contributed by atoms with Crippen molar-refractivity contribution >= 4 is 5.82 Å². The van der Waals surface area contributed by atoms with E-state index in [1.165, 1.54) is 6.08 Å². The lowest BCUT2D eigenvalue weighted by atomic mass is 10.0. The maximum absolute atomic E-state index is 13.3. The van der Waals surface area contributed by atoms with E-state index in [-0.39, 0.29) is 31.0 Å². The molecule has 0 aromatic carbocycles. The van der Waals surface area contributed by atoms with Gasteiger partial charge in [0, 0.05) is 6.54 Å². The van der Waals surface area contributed by atoms with Crippen LogP contribution in [0.4, 0.5) is 32.2 Å². The molecule has 0 aliphatic carbocycles. The predicted octanol–water partition coefficient (Wildman–Crippen LogP) is 4.95. The third-order valence-corrected chi connectivity index (χ3v) is 3.95. The van der Waals surface area contributed by atoms with Crippen LogP contribution >= 0.6 is 0 Å². The largest absolute Gasteiger partial charge is 0.419 e. The second kappa shape index (κ2) is 7.20. The lowest BCUT2D eigenvalue weighted by Gasteiger charge is -2.16. The smallest absolute Gasteiger partial charge is 0.419 e. The number of nitrogens with one attached hydrogen (secondary N) is 1. The molecule has 1 aliphatic heterocycles. The van der Waals surface area contributed by atoms with Crippen molar-refractivity contribution < 1.29 is 30.8 Å². The maximum Gasteiger partial charge on any atom is 0.419 e. The van der Waals surface area contributed by atoms with Gasteiger partial charge in [0.15, 0.2) is 0 Å². The molecule has 0 amide bonds. The first kappa shape index (κ1) is 19.2. The van der Waals surface area contributed by atoms with Crippen LogP contribution in [0.15, 0.2) is 28.7 Å². The Kier molecular flexibility index (Phi) is 5.11. The highest BCUT2D eigenvalue weighted by Crippen LogP contribution is 2.39. The highest BCUT2D eigenvalue weighted by Gasteiger charge is 2.44. The van der Waals surface area contributed by atoms with Crippen LogP contribution in [0.3, 0.4) is 0 Å². The molecule has 0 saturated carbocycles. The van der Waals surface area contributed by atoms with Crippen molar-refractivity contribution in [1.82, 2.24) is 15.2 Å². The number of nitrogens with zero attached hydrogens (tertiary/aromatic N) is 3. The minimum absolute atomic E-state index is 0.110. The van der Waals surface area contributed by atoms with Gasteiger partial charge in [0.1, 0.15) is 17.4 Å². The first-order valence-electron chi connectivity index (χ1n) is 8.04. The zero-order valence-electron chi connectivity index (χ0n) is 13.7. The fourth-order valence-electron chi connectivity index (χ4n) is 2.62. The first-order valence-corrected chi connectivity index (χ1v) is 8.04. The number of allylic oxidation sites excluding steroid dienone is 1. The van der Waals surface area contributed by atoms with Gasteiger partial charge in [-0.2, -0.15) is 26.3 Å². The molecule has 0 spiro atoms. The molecule has 2 aromatic rings. The number of alkyl halides is 6. The van der Waals surface area contributed by atoms with Crippen molar-refractivity contribution in [2.75, 3.05) is 11.9 Å². The van der Waals surface area contributed by atoms with Gasteiger partial charge in [-0.05, 0) is 31.4 Å². The molecule has 5 nitrogen and oxygen atoms in total. The van der Waals surface area contributed by atoms with Crippen LogP contribution in [0.5, 0.6) is 0 Å². The molecule has 2 aromatic heterocycles. The van der Waals surface area contributed by atoms with E-state index in [2.05, 4.69) is 20.5 Å². The molecule has 1 aliphatic rings. The van der Waals surface area contributed by atoms with Crippen molar-refractivity contribution in [2.45, 2.75) is 37.5 Å². The Morgan fingerprint density at radius 3 is 2.44 bits per heavy atom. The fraction of sp³-hybridized carbons (Fsp3) is 0.438. The second-order valence-corrected chi connectivity index (χ2v) is 5.89. The first-order chi connectivity index (χ1) is 12.7. The number of anilines is 1. The molecule has 0 fully saturated rings. The number of halogens is 6. The predicted molar refractivity (Wildman–Crippen MR) is 82.8 cm³/mol. The summed E-state index contributed by atoms with van der Waals surface area (Å²) in [6.07, 6.45) is -5.93. The van der Waals surface area contributed by atoms with E-state index in [1.54, 1.807) is 6.08 Å². The summed E-state index contributed by atoms with van der Waals surface area (Å²) >= 11 is 0. The Labute approximate surface area is 149 Å². The van der Waals surface area contributed by atoms with Crippen molar-refractivity contribution in [3.63, 3.8) is 0 Å². The number of fused-ring (bicyclic) bond motifs is 5. The lowest BCUT2D eigenvalue weighted by molar-refractivity contribution is -0.156. The Bertz CT molecular complexity index is 827. The molecule has 27 heavy (non-hydrogen) atoms. The van der Waals surface area contributed by atoms with E-state index in [0.717, 1.165) is 12.1 Å². The zero-order valence-corrected chi connectivity index (χ0v) is 13.7. The summed E-state index contributed by atoms with van der Waals surface area (Å²) < 4.78 is 84.4. The van der Waals surface area contributed by atoms with Gasteiger partial charge >= 0.3 is 12.4 Å². The van der Waals surface area contributed by atoms with Crippen LogP contribution in [0.2, 0.25) is 0 Å². The molecule has 3 rings (SSSR count). The quantitative estimate of drug-likeness (QED) is 0.508. The number of pyridine rings is 1. The molecule has 1 N–H and O–H groups in total. The maximum atomic E-state index is 13.3. The summed E-state index contributed by atoms with van der Waals surface area (Å²) in [5, 5.41) is 9.56. The zero-order chi connectivity index (χ0) is 19.7. The minimum Gasteiger partial charge on any atom is -0.419 e. The highest BCUT2D eigenvalue weighted by atomic mass is 19.4. The summed E-state index contributed by atoms with van der Waals surface area (Å²) in [5.41, 5.74) is -1.13. The van der Waals surface area contributed by atoms with Gasteiger partial charge < -0.3 is 9.73 Å². The van der Waals surface area contributed by atoms with Crippen molar-refractivity contribution in [3.8, 4) is 11.6 Å². The molecule has 3 heterocycles. The van der Waals surface area contributed by atoms with Crippen LogP contribution in [0.1, 0.15) is 36.6 Å². The van der Waals surface area contributed by atoms with Gasteiger partial charge in [-0.15, -0.1) is 10.2 Å². The highest BCUT2D eigenvalue weighted by molar-refractivity contribution is 5.56. The van der Waals surface area contributed by atoms with E-state index in [0.29, 0.717) is 6.42 Å². The van der Waals surface area contributed by atoms with Gasteiger partial charge in [0.2, 0.25) is 5.89 Å².